The van der Waals surface area contributed by atoms with Gasteiger partial charge in [0.1, 0.15) is 4.90 Å². The zero-order valence-corrected chi connectivity index (χ0v) is 11.3. The van der Waals surface area contributed by atoms with Crippen molar-refractivity contribution in [2.24, 2.45) is 0 Å². The van der Waals surface area contributed by atoms with Crippen LogP contribution in [0.15, 0.2) is 4.90 Å². The monoisotopic (exact) mass is 295 g/mol. The summed E-state index contributed by atoms with van der Waals surface area (Å²) < 4.78 is 25.5. The summed E-state index contributed by atoms with van der Waals surface area (Å²) >= 11 is 3.21. The molecule has 0 aliphatic carbocycles. The smallest absolute Gasteiger partial charge is 0.246 e. The molecule has 1 aromatic rings. The normalized spacial score (nSPS) is 12.3. The van der Waals surface area contributed by atoms with Crippen molar-refractivity contribution in [2.45, 2.75) is 18.7 Å². The fourth-order valence-corrected chi connectivity index (χ4v) is 3.58. The molecular formula is C8H14BrN3O2S. The molecule has 0 saturated carbocycles. The molecule has 86 valence electrons. The molecule has 7 heteroatoms. The highest BCUT2D eigenvalue weighted by atomic mass is 79.9. The molecule has 0 fully saturated rings. The van der Waals surface area contributed by atoms with Crippen LogP contribution in [0.5, 0.6) is 0 Å². The number of aryl methyl sites for hydroxylation is 2. The van der Waals surface area contributed by atoms with E-state index in [1.165, 1.54) is 4.31 Å². The molecule has 0 bridgehead atoms. The van der Waals surface area contributed by atoms with E-state index in [4.69, 9.17) is 0 Å². The van der Waals surface area contributed by atoms with E-state index in [-0.39, 0.29) is 4.90 Å². The second kappa shape index (κ2) is 4.63. The fourth-order valence-electron chi connectivity index (χ4n) is 1.32. The third-order valence-corrected chi connectivity index (χ3v) is 4.60. The van der Waals surface area contributed by atoms with Gasteiger partial charge in [-0.15, -0.1) is 0 Å². The summed E-state index contributed by atoms with van der Waals surface area (Å²) in [5.74, 6) is 0. The number of hydrogen-bond acceptors (Lipinski definition) is 3. The average molecular weight is 296 g/mol. The van der Waals surface area contributed by atoms with Gasteiger partial charge in [0, 0.05) is 18.9 Å². The van der Waals surface area contributed by atoms with Gasteiger partial charge in [-0.05, 0) is 13.8 Å². The van der Waals surface area contributed by atoms with Crippen molar-refractivity contribution in [3.8, 4) is 0 Å². The molecule has 0 unspecified atom stereocenters. The molecule has 0 radical (unpaired) electrons. The lowest BCUT2D eigenvalue weighted by Crippen LogP contribution is -2.29. The number of hydrogen-bond donors (Lipinski definition) is 1. The first-order chi connectivity index (χ1) is 6.91. The summed E-state index contributed by atoms with van der Waals surface area (Å²) in [7, 11) is -1.85. The second-order valence-electron chi connectivity index (χ2n) is 3.28. The Kier molecular flexibility index (Phi) is 3.91. The molecule has 1 aromatic heterocycles. The van der Waals surface area contributed by atoms with E-state index >= 15 is 0 Å². The van der Waals surface area contributed by atoms with Crippen LogP contribution in [0.25, 0.3) is 0 Å². The molecule has 0 spiro atoms. The Morgan fingerprint density at radius 1 is 1.47 bits per heavy atom. The van der Waals surface area contributed by atoms with E-state index in [0.29, 0.717) is 23.3 Å². The van der Waals surface area contributed by atoms with Crippen molar-refractivity contribution in [1.29, 1.82) is 0 Å². The second-order valence-corrected chi connectivity index (χ2v) is 6.05. The molecule has 0 amide bonds. The van der Waals surface area contributed by atoms with Gasteiger partial charge in [0.15, 0.2) is 0 Å². The van der Waals surface area contributed by atoms with Gasteiger partial charge in [0.05, 0.1) is 11.4 Å². The van der Waals surface area contributed by atoms with Crippen molar-refractivity contribution in [2.75, 3.05) is 18.9 Å². The summed E-state index contributed by atoms with van der Waals surface area (Å²) in [6.45, 7) is 3.82. The lowest BCUT2D eigenvalue weighted by Gasteiger charge is -2.15. The fraction of sp³-hybridized carbons (Fsp3) is 0.625. The topological polar surface area (TPSA) is 66.1 Å². The Morgan fingerprint density at radius 3 is 2.47 bits per heavy atom. The minimum atomic E-state index is -3.41. The molecule has 0 saturated heterocycles. The van der Waals surface area contributed by atoms with Crippen LogP contribution in [-0.4, -0.2) is 41.8 Å². The van der Waals surface area contributed by atoms with Gasteiger partial charge < -0.3 is 0 Å². The number of sulfonamides is 1. The molecular weight excluding hydrogens is 282 g/mol. The molecule has 0 aliphatic rings. The van der Waals surface area contributed by atoms with E-state index in [1.54, 1.807) is 20.9 Å². The number of nitrogens with zero attached hydrogens (tertiary/aromatic N) is 2. The number of aromatic amines is 1. The zero-order chi connectivity index (χ0) is 11.6. The van der Waals surface area contributed by atoms with Crippen LogP contribution in [0, 0.1) is 13.8 Å². The van der Waals surface area contributed by atoms with E-state index in [0.717, 1.165) is 0 Å². The van der Waals surface area contributed by atoms with Gasteiger partial charge >= 0.3 is 0 Å². The van der Waals surface area contributed by atoms with E-state index < -0.39 is 10.0 Å². The first-order valence-corrected chi connectivity index (χ1v) is 7.01. The Balaban J connectivity index is 3.17. The summed E-state index contributed by atoms with van der Waals surface area (Å²) in [6.07, 6.45) is 0. The van der Waals surface area contributed by atoms with E-state index in [1.807, 2.05) is 0 Å². The van der Waals surface area contributed by atoms with E-state index in [2.05, 4.69) is 26.1 Å². The van der Waals surface area contributed by atoms with Crippen LogP contribution in [0.4, 0.5) is 0 Å². The summed E-state index contributed by atoms with van der Waals surface area (Å²) in [4.78, 5) is 0.283. The van der Waals surface area contributed by atoms with Crippen molar-refractivity contribution >= 4 is 26.0 Å². The predicted octanol–water partition coefficient (Wildman–Crippen LogP) is 1.04. The van der Waals surface area contributed by atoms with Crippen LogP contribution < -0.4 is 0 Å². The third kappa shape index (κ3) is 2.40. The minimum Gasteiger partial charge on any atom is -0.281 e. The lowest BCUT2D eigenvalue weighted by atomic mass is 10.4. The van der Waals surface area contributed by atoms with Crippen LogP contribution >= 0.6 is 15.9 Å². The predicted molar refractivity (Wildman–Crippen MR) is 61.7 cm³/mol. The number of nitrogens with one attached hydrogen (secondary N) is 1. The van der Waals surface area contributed by atoms with Crippen molar-refractivity contribution in [3.05, 3.63) is 11.4 Å². The highest BCUT2D eigenvalue weighted by Crippen LogP contribution is 2.20. The van der Waals surface area contributed by atoms with Crippen molar-refractivity contribution < 1.29 is 8.42 Å². The number of aromatic nitrogens is 2. The zero-order valence-electron chi connectivity index (χ0n) is 8.91. The standard InChI is InChI=1S/C8H14BrN3O2S/c1-6-8(7(2)11-10-6)15(13,14)12(3)5-4-9/h4-5H2,1-3H3,(H,10,11). The highest BCUT2D eigenvalue weighted by molar-refractivity contribution is 9.09. The Bertz CT molecular complexity index is 421. The summed E-state index contributed by atoms with van der Waals surface area (Å²) in [6, 6.07) is 0. The molecule has 1 rings (SSSR count). The van der Waals surface area contributed by atoms with Gasteiger partial charge in [0.25, 0.3) is 0 Å². The molecule has 0 aliphatic heterocycles. The first kappa shape index (κ1) is 12.7. The van der Waals surface area contributed by atoms with Gasteiger partial charge in [-0.3, -0.25) is 5.10 Å². The Hall–Kier alpha value is -0.400. The number of halogens is 1. The van der Waals surface area contributed by atoms with Gasteiger partial charge in [-0.1, -0.05) is 15.9 Å². The Morgan fingerprint density at radius 2 is 2.07 bits per heavy atom. The number of rotatable bonds is 4. The average Bonchev–Trinajstić information content (AvgIpc) is 2.46. The Labute approximate surface area is 98.0 Å². The van der Waals surface area contributed by atoms with Gasteiger partial charge in [0.2, 0.25) is 10.0 Å². The van der Waals surface area contributed by atoms with Crippen LogP contribution in [0.1, 0.15) is 11.4 Å². The maximum atomic E-state index is 12.1. The maximum Gasteiger partial charge on any atom is 0.246 e. The van der Waals surface area contributed by atoms with Crippen molar-refractivity contribution in [1.82, 2.24) is 14.5 Å². The maximum absolute atomic E-state index is 12.1. The third-order valence-electron chi connectivity index (χ3n) is 2.13. The number of alkyl halides is 1. The quantitative estimate of drug-likeness (QED) is 0.844. The molecule has 1 heterocycles. The van der Waals surface area contributed by atoms with Gasteiger partial charge in [-0.2, -0.15) is 9.40 Å². The lowest BCUT2D eigenvalue weighted by molar-refractivity contribution is 0.488. The highest BCUT2D eigenvalue weighted by Gasteiger charge is 2.26. The van der Waals surface area contributed by atoms with Crippen LogP contribution in [-0.2, 0) is 10.0 Å². The molecule has 1 N–H and O–H groups in total. The molecule has 0 aromatic carbocycles. The minimum absolute atomic E-state index is 0.283. The molecule has 0 atom stereocenters. The molecule has 5 nitrogen and oxygen atoms in total. The molecule has 15 heavy (non-hydrogen) atoms. The SMILES string of the molecule is Cc1n[nH]c(C)c1S(=O)(=O)N(C)CCBr. The first-order valence-electron chi connectivity index (χ1n) is 4.45. The largest absolute Gasteiger partial charge is 0.281 e. The van der Waals surface area contributed by atoms with Gasteiger partial charge in [-0.25, -0.2) is 8.42 Å². The van der Waals surface area contributed by atoms with E-state index in [9.17, 15) is 8.42 Å². The number of H-pyrrole nitrogens is 1. The van der Waals surface area contributed by atoms with Crippen LogP contribution in [0.3, 0.4) is 0 Å². The van der Waals surface area contributed by atoms with Crippen LogP contribution in [0.2, 0.25) is 0 Å². The van der Waals surface area contributed by atoms with Crippen molar-refractivity contribution in [3.63, 3.8) is 0 Å². The summed E-state index contributed by atoms with van der Waals surface area (Å²) in [5, 5.41) is 7.16. The summed E-state index contributed by atoms with van der Waals surface area (Å²) in [5.41, 5.74) is 1.09.